The molecule has 0 bridgehead atoms. The number of hydrogen-bond donors (Lipinski definition) is 1. The Morgan fingerprint density at radius 3 is 2.26 bits per heavy atom. The van der Waals surface area contributed by atoms with E-state index in [4.69, 9.17) is 5.73 Å². The van der Waals surface area contributed by atoms with Crippen LogP contribution in [0, 0.1) is 5.82 Å². The van der Waals surface area contributed by atoms with Gasteiger partial charge in [-0.15, -0.1) is 0 Å². The lowest BCUT2D eigenvalue weighted by Gasteiger charge is -2.13. The fourth-order valence-corrected chi connectivity index (χ4v) is 1.86. The van der Waals surface area contributed by atoms with Gasteiger partial charge in [0, 0.05) is 13.6 Å². The van der Waals surface area contributed by atoms with E-state index in [2.05, 4.69) is 0 Å². The second kappa shape index (κ2) is 4.77. The van der Waals surface area contributed by atoms with Gasteiger partial charge in [0.25, 0.3) is 0 Å². The summed E-state index contributed by atoms with van der Waals surface area (Å²) in [4.78, 5) is 36.1. The third-order valence-electron chi connectivity index (χ3n) is 2.84. The summed E-state index contributed by atoms with van der Waals surface area (Å²) in [6.07, 6.45) is 0. The van der Waals surface area contributed by atoms with Gasteiger partial charge >= 0.3 is 17.8 Å². The van der Waals surface area contributed by atoms with Gasteiger partial charge in [-0.05, 0) is 23.3 Å². The summed E-state index contributed by atoms with van der Waals surface area (Å²) < 4.78 is 13.3. The molecule has 0 aromatic heterocycles. The first-order valence-corrected chi connectivity index (χ1v) is 5.56. The summed E-state index contributed by atoms with van der Waals surface area (Å²) in [6, 6.07) is 3.34. The highest BCUT2D eigenvalue weighted by Gasteiger charge is 2.42. The zero-order chi connectivity index (χ0) is 14.2. The highest BCUT2D eigenvalue weighted by atomic mass is 19.1. The fourth-order valence-electron chi connectivity index (χ4n) is 1.86. The molecule has 1 aromatic carbocycles. The number of benzene rings is 1. The molecule has 4 amide bonds. The Bertz CT molecular complexity index is 573. The molecule has 1 fully saturated rings. The summed E-state index contributed by atoms with van der Waals surface area (Å²) >= 11 is 0. The van der Waals surface area contributed by atoms with Crippen LogP contribution >= 0.6 is 0 Å². The molecule has 1 saturated heterocycles. The molecule has 7 heteroatoms. The van der Waals surface area contributed by atoms with Crippen molar-refractivity contribution >= 4 is 17.8 Å². The van der Waals surface area contributed by atoms with Gasteiger partial charge in [-0.1, -0.05) is 6.07 Å². The molecular weight excluding hydrogens is 253 g/mol. The maximum atomic E-state index is 13.3. The minimum Gasteiger partial charge on any atom is -0.326 e. The van der Waals surface area contributed by atoms with Crippen LogP contribution in [0.4, 0.5) is 9.18 Å². The topological polar surface area (TPSA) is 83.7 Å². The Kier molecular flexibility index (Phi) is 3.30. The predicted molar refractivity (Wildman–Crippen MR) is 63.0 cm³/mol. The minimum atomic E-state index is -0.911. The van der Waals surface area contributed by atoms with E-state index in [-0.39, 0.29) is 13.1 Å². The van der Waals surface area contributed by atoms with E-state index < -0.39 is 23.7 Å². The van der Waals surface area contributed by atoms with Crippen molar-refractivity contribution in [2.24, 2.45) is 5.73 Å². The summed E-state index contributed by atoms with van der Waals surface area (Å²) in [7, 11) is 1.22. The molecule has 0 spiro atoms. The smallest absolute Gasteiger partial charge is 0.326 e. The highest BCUT2D eigenvalue weighted by Crippen LogP contribution is 2.16. The Labute approximate surface area is 108 Å². The van der Waals surface area contributed by atoms with E-state index >= 15 is 0 Å². The van der Waals surface area contributed by atoms with Crippen molar-refractivity contribution in [2.45, 2.75) is 13.1 Å². The molecule has 1 aliphatic heterocycles. The van der Waals surface area contributed by atoms with E-state index in [0.29, 0.717) is 11.1 Å². The maximum absolute atomic E-state index is 13.3. The molecule has 1 aliphatic rings. The van der Waals surface area contributed by atoms with E-state index in [1.165, 1.54) is 19.2 Å². The molecule has 6 nitrogen and oxygen atoms in total. The van der Waals surface area contributed by atoms with Gasteiger partial charge in [0.05, 0.1) is 6.54 Å². The van der Waals surface area contributed by atoms with Crippen LogP contribution in [0.25, 0.3) is 0 Å². The summed E-state index contributed by atoms with van der Waals surface area (Å²) in [6.45, 7) is -0.00993. The molecule has 19 heavy (non-hydrogen) atoms. The van der Waals surface area contributed by atoms with Gasteiger partial charge in [0.15, 0.2) is 0 Å². The number of rotatable bonds is 3. The van der Waals surface area contributed by atoms with Gasteiger partial charge in [0.2, 0.25) is 0 Å². The minimum absolute atomic E-state index is 0.144. The first-order valence-electron chi connectivity index (χ1n) is 5.56. The molecule has 0 saturated carbocycles. The van der Waals surface area contributed by atoms with Crippen LogP contribution in [0.2, 0.25) is 0 Å². The fraction of sp³-hybridized carbons (Fsp3) is 0.250. The molecular formula is C12H12FN3O3. The van der Waals surface area contributed by atoms with Crippen molar-refractivity contribution in [3.8, 4) is 0 Å². The Morgan fingerprint density at radius 1 is 1.11 bits per heavy atom. The number of nitrogens with two attached hydrogens (primary N) is 1. The Hall–Kier alpha value is -2.28. The molecule has 2 rings (SSSR count). The molecule has 1 heterocycles. The number of halogens is 1. The SMILES string of the molecule is CN1C(=O)C(=O)N(Cc2cc(F)cc(CN)c2)C1=O. The average Bonchev–Trinajstić information content (AvgIpc) is 2.56. The number of carbonyl (C=O) groups is 3. The largest absolute Gasteiger partial charge is 0.334 e. The van der Waals surface area contributed by atoms with Crippen molar-refractivity contribution < 1.29 is 18.8 Å². The van der Waals surface area contributed by atoms with Gasteiger partial charge in [-0.25, -0.2) is 9.18 Å². The number of amides is 4. The number of hydrogen-bond acceptors (Lipinski definition) is 4. The summed E-state index contributed by atoms with van der Waals surface area (Å²) in [5.74, 6) is -2.30. The molecule has 0 aliphatic carbocycles. The van der Waals surface area contributed by atoms with Gasteiger partial charge in [-0.2, -0.15) is 0 Å². The number of carbonyl (C=O) groups excluding carboxylic acids is 3. The molecule has 0 unspecified atom stereocenters. The molecule has 2 N–H and O–H groups in total. The number of imide groups is 2. The zero-order valence-corrected chi connectivity index (χ0v) is 10.2. The monoisotopic (exact) mass is 265 g/mol. The van der Waals surface area contributed by atoms with Crippen LogP contribution in [0.5, 0.6) is 0 Å². The van der Waals surface area contributed by atoms with E-state index in [9.17, 15) is 18.8 Å². The lowest BCUT2D eigenvalue weighted by molar-refractivity contribution is -0.143. The molecule has 0 atom stereocenters. The lowest BCUT2D eigenvalue weighted by atomic mass is 10.1. The normalized spacial score (nSPS) is 15.6. The van der Waals surface area contributed by atoms with Crippen LogP contribution in [-0.2, 0) is 22.7 Å². The Balaban J connectivity index is 2.27. The third kappa shape index (κ3) is 2.32. The van der Waals surface area contributed by atoms with Crippen molar-refractivity contribution in [3.63, 3.8) is 0 Å². The first-order chi connectivity index (χ1) is 8.93. The van der Waals surface area contributed by atoms with E-state index in [0.717, 1.165) is 9.80 Å². The third-order valence-corrected chi connectivity index (χ3v) is 2.84. The first kappa shape index (κ1) is 13.2. The standard InChI is InChI=1S/C12H12FN3O3/c1-15-10(17)11(18)16(12(15)19)6-8-2-7(5-14)3-9(13)4-8/h2-4H,5-6,14H2,1H3. The van der Waals surface area contributed by atoms with Crippen LogP contribution in [-0.4, -0.2) is 34.7 Å². The Morgan fingerprint density at radius 2 is 1.74 bits per heavy atom. The highest BCUT2D eigenvalue weighted by molar-refractivity contribution is 6.44. The van der Waals surface area contributed by atoms with Crippen molar-refractivity contribution in [3.05, 3.63) is 35.1 Å². The number of urea groups is 1. The van der Waals surface area contributed by atoms with Gasteiger partial charge in [0.1, 0.15) is 5.82 Å². The van der Waals surface area contributed by atoms with Gasteiger partial charge in [-0.3, -0.25) is 19.4 Å². The summed E-state index contributed by atoms with van der Waals surface area (Å²) in [5.41, 5.74) is 6.38. The molecule has 1 aromatic rings. The second-order valence-corrected chi connectivity index (χ2v) is 4.21. The van der Waals surface area contributed by atoms with Crippen LogP contribution < -0.4 is 5.73 Å². The molecule has 100 valence electrons. The van der Waals surface area contributed by atoms with Crippen molar-refractivity contribution in [1.82, 2.24) is 9.80 Å². The van der Waals surface area contributed by atoms with E-state index in [1.54, 1.807) is 6.07 Å². The van der Waals surface area contributed by atoms with Crippen LogP contribution in [0.3, 0.4) is 0 Å². The number of nitrogens with zero attached hydrogens (tertiary/aromatic N) is 2. The van der Waals surface area contributed by atoms with Crippen molar-refractivity contribution in [1.29, 1.82) is 0 Å². The zero-order valence-electron chi connectivity index (χ0n) is 10.2. The maximum Gasteiger partial charge on any atom is 0.334 e. The summed E-state index contributed by atoms with van der Waals surface area (Å²) in [5, 5.41) is 0. The van der Waals surface area contributed by atoms with Crippen LogP contribution in [0.15, 0.2) is 18.2 Å². The molecule has 0 radical (unpaired) electrons. The average molecular weight is 265 g/mol. The number of likely N-dealkylation sites (N-methyl/N-ethyl adjacent to an activating group) is 1. The predicted octanol–water partition coefficient (Wildman–Crippen LogP) is 0.205. The van der Waals surface area contributed by atoms with E-state index in [1.807, 2.05) is 0 Å². The lowest BCUT2D eigenvalue weighted by Crippen LogP contribution is -2.31. The van der Waals surface area contributed by atoms with Gasteiger partial charge < -0.3 is 5.73 Å². The quantitative estimate of drug-likeness (QED) is 0.625. The second-order valence-electron chi connectivity index (χ2n) is 4.21. The van der Waals surface area contributed by atoms with Crippen LogP contribution in [0.1, 0.15) is 11.1 Å². The van der Waals surface area contributed by atoms with Crippen molar-refractivity contribution in [2.75, 3.05) is 7.05 Å².